The molecule has 0 aromatic rings. The van der Waals surface area contributed by atoms with Gasteiger partial charge in [0.05, 0.1) is 42.5 Å². The van der Waals surface area contributed by atoms with E-state index < -0.39 is 22.8 Å². The number of ether oxygens (including phenoxy) is 1. The maximum Gasteiger partial charge on any atom is 0.338 e. The molecule has 2 aliphatic rings. The van der Waals surface area contributed by atoms with Gasteiger partial charge in [0.15, 0.2) is 0 Å². The number of carbonyl (C=O) groups excluding carboxylic acids is 1. The van der Waals surface area contributed by atoms with Crippen LogP contribution in [0.15, 0.2) is 36.2 Å². The van der Waals surface area contributed by atoms with Crippen LogP contribution in [0, 0.1) is 56.2 Å². The highest BCUT2D eigenvalue weighted by molar-refractivity contribution is 5.93. The van der Waals surface area contributed by atoms with Crippen LogP contribution >= 0.6 is 0 Å². The fraction of sp³-hybridized carbons (Fsp3) is 0.312. The van der Waals surface area contributed by atoms with E-state index in [0.717, 1.165) is 0 Å². The van der Waals surface area contributed by atoms with Gasteiger partial charge >= 0.3 is 5.97 Å². The highest BCUT2D eigenvalue weighted by Gasteiger charge is 2.66. The van der Waals surface area contributed by atoms with Crippen LogP contribution in [0.5, 0.6) is 0 Å². The summed E-state index contributed by atoms with van der Waals surface area (Å²) in [7, 11) is 0. The summed E-state index contributed by atoms with van der Waals surface area (Å²) < 4.78 is 4.91. The molecular formula is C16H11N5O2. The smallest absolute Gasteiger partial charge is 0.338 e. The van der Waals surface area contributed by atoms with E-state index in [9.17, 15) is 25.8 Å². The summed E-state index contributed by atoms with van der Waals surface area (Å²) in [6.45, 7) is 1.62. The van der Waals surface area contributed by atoms with E-state index in [-0.39, 0.29) is 12.2 Å². The molecule has 0 saturated carbocycles. The first-order valence-electron chi connectivity index (χ1n) is 6.73. The third-order valence-electron chi connectivity index (χ3n) is 3.88. The standard InChI is InChI=1S/C16H11N5O2/c1-2-23-14(22)12-7-21-6-4-3-5-13(21)16(10-19,11-20)15(12,8-17)9-18/h3-7,13H,2H2,1H3. The number of allylic oxidation sites excluding steroid dienone is 2. The van der Waals surface area contributed by atoms with Crippen LogP contribution in [0.2, 0.25) is 0 Å². The van der Waals surface area contributed by atoms with Crippen molar-refractivity contribution in [2.24, 2.45) is 10.8 Å². The Labute approximate surface area is 133 Å². The summed E-state index contributed by atoms with van der Waals surface area (Å²) in [5.41, 5.74) is -4.64. The minimum atomic E-state index is -2.25. The second kappa shape index (κ2) is 5.68. The second-order valence-electron chi connectivity index (χ2n) is 4.89. The average Bonchev–Trinajstić information content (AvgIpc) is 2.60. The molecule has 0 aliphatic carbocycles. The first kappa shape index (κ1) is 15.8. The Kier molecular flexibility index (Phi) is 3.91. The summed E-state index contributed by atoms with van der Waals surface area (Å²) in [6.07, 6.45) is 7.68. The zero-order valence-electron chi connectivity index (χ0n) is 12.2. The van der Waals surface area contributed by atoms with Gasteiger partial charge in [0.1, 0.15) is 0 Å². The van der Waals surface area contributed by atoms with Gasteiger partial charge in [-0.3, -0.25) is 0 Å². The number of nitrogens with zero attached hydrogens (tertiary/aromatic N) is 5. The predicted molar refractivity (Wildman–Crippen MR) is 75.9 cm³/mol. The van der Waals surface area contributed by atoms with Gasteiger partial charge in [0.25, 0.3) is 0 Å². The van der Waals surface area contributed by atoms with Crippen molar-refractivity contribution < 1.29 is 9.53 Å². The molecule has 0 radical (unpaired) electrons. The van der Waals surface area contributed by atoms with Gasteiger partial charge in [-0.05, 0) is 13.0 Å². The normalized spacial score (nSPS) is 22.4. The van der Waals surface area contributed by atoms with Crippen molar-refractivity contribution >= 4 is 5.97 Å². The molecule has 0 spiro atoms. The Morgan fingerprint density at radius 1 is 1.22 bits per heavy atom. The topological polar surface area (TPSA) is 125 Å². The van der Waals surface area contributed by atoms with Crippen molar-refractivity contribution in [1.29, 1.82) is 21.0 Å². The van der Waals surface area contributed by atoms with Crippen LogP contribution in [-0.2, 0) is 9.53 Å². The molecule has 7 heteroatoms. The number of fused-ring (bicyclic) bond motifs is 1. The van der Waals surface area contributed by atoms with Gasteiger partial charge in [0, 0.05) is 12.4 Å². The maximum absolute atomic E-state index is 12.2. The molecule has 0 aromatic carbocycles. The highest BCUT2D eigenvalue weighted by Crippen LogP contribution is 2.52. The molecule has 112 valence electrons. The Bertz CT molecular complexity index is 766. The molecule has 0 bridgehead atoms. The third kappa shape index (κ3) is 1.89. The fourth-order valence-electron chi connectivity index (χ4n) is 2.74. The lowest BCUT2D eigenvalue weighted by molar-refractivity contribution is -0.140. The van der Waals surface area contributed by atoms with Crippen LogP contribution < -0.4 is 0 Å². The number of hydrogen-bond acceptors (Lipinski definition) is 7. The summed E-state index contributed by atoms with van der Waals surface area (Å²) >= 11 is 0. The molecular weight excluding hydrogens is 294 g/mol. The summed E-state index contributed by atoms with van der Waals surface area (Å²) in [6, 6.07) is 6.19. The average molecular weight is 305 g/mol. The number of nitriles is 4. The number of carbonyl (C=O) groups is 1. The van der Waals surface area contributed by atoms with Gasteiger partial charge < -0.3 is 9.64 Å². The molecule has 2 heterocycles. The van der Waals surface area contributed by atoms with Crippen molar-refractivity contribution in [3.63, 3.8) is 0 Å². The minimum Gasteiger partial charge on any atom is -0.463 e. The van der Waals surface area contributed by atoms with Crippen molar-refractivity contribution in [3.05, 3.63) is 36.2 Å². The maximum atomic E-state index is 12.2. The number of rotatable bonds is 2. The van der Waals surface area contributed by atoms with E-state index in [1.54, 1.807) is 55.6 Å². The lowest BCUT2D eigenvalue weighted by Gasteiger charge is -2.45. The summed E-state index contributed by atoms with van der Waals surface area (Å²) in [4.78, 5) is 13.7. The van der Waals surface area contributed by atoms with Gasteiger partial charge in [-0.2, -0.15) is 21.0 Å². The molecule has 1 atom stereocenters. The fourth-order valence-corrected chi connectivity index (χ4v) is 2.74. The molecule has 2 rings (SSSR count). The second-order valence-corrected chi connectivity index (χ2v) is 4.89. The molecule has 2 aliphatic heterocycles. The van der Waals surface area contributed by atoms with Crippen molar-refractivity contribution in [2.45, 2.75) is 13.0 Å². The van der Waals surface area contributed by atoms with Crippen molar-refractivity contribution in [2.75, 3.05) is 6.61 Å². The molecule has 0 fully saturated rings. The Morgan fingerprint density at radius 3 is 2.39 bits per heavy atom. The quantitative estimate of drug-likeness (QED) is 0.703. The van der Waals surface area contributed by atoms with E-state index in [0.29, 0.717) is 0 Å². The predicted octanol–water partition coefficient (Wildman–Crippen LogP) is 1.27. The Hall–Kier alpha value is -3.55. The molecule has 0 N–H and O–H groups in total. The number of esters is 1. The van der Waals surface area contributed by atoms with Crippen molar-refractivity contribution in [3.8, 4) is 24.3 Å². The van der Waals surface area contributed by atoms with Crippen LogP contribution in [0.1, 0.15) is 6.92 Å². The number of hydrogen-bond donors (Lipinski definition) is 0. The molecule has 1 unspecified atom stereocenters. The zero-order valence-corrected chi connectivity index (χ0v) is 12.2. The molecule has 7 nitrogen and oxygen atoms in total. The first-order valence-corrected chi connectivity index (χ1v) is 6.73. The Balaban J connectivity index is 2.83. The van der Waals surface area contributed by atoms with Crippen LogP contribution in [-0.4, -0.2) is 23.5 Å². The van der Waals surface area contributed by atoms with Crippen LogP contribution in [0.4, 0.5) is 0 Å². The van der Waals surface area contributed by atoms with Gasteiger partial charge in [-0.15, -0.1) is 0 Å². The highest BCUT2D eigenvalue weighted by atomic mass is 16.5. The zero-order chi connectivity index (χ0) is 17.1. The van der Waals surface area contributed by atoms with Gasteiger partial charge in [-0.1, -0.05) is 12.2 Å². The van der Waals surface area contributed by atoms with Crippen molar-refractivity contribution in [1.82, 2.24) is 4.90 Å². The van der Waals surface area contributed by atoms with E-state index >= 15 is 0 Å². The third-order valence-corrected chi connectivity index (χ3v) is 3.88. The van der Waals surface area contributed by atoms with E-state index in [2.05, 4.69) is 0 Å². The van der Waals surface area contributed by atoms with E-state index in [4.69, 9.17) is 4.74 Å². The Morgan fingerprint density at radius 2 is 1.87 bits per heavy atom. The van der Waals surface area contributed by atoms with E-state index in [1.165, 1.54) is 11.1 Å². The molecule has 0 saturated heterocycles. The van der Waals surface area contributed by atoms with Crippen LogP contribution in [0.3, 0.4) is 0 Å². The summed E-state index contributed by atoms with van der Waals surface area (Å²) in [5.74, 6) is -0.896. The van der Waals surface area contributed by atoms with Gasteiger partial charge in [-0.25, -0.2) is 4.79 Å². The lowest BCUT2D eigenvalue weighted by atomic mass is 9.56. The largest absolute Gasteiger partial charge is 0.463 e. The van der Waals surface area contributed by atoms with E-state index in [1.807, 2.05) is 0 Å². The van der Waals surface area contributed by atoms with Crippen LogP contribution in [0.25, 0.3) is 0 Å². The monoisotopic (exact) mass is 305 g/mol. The first-order chi connectivity index (χ1) is 11.1. The molecule has 23 heavy (non-hydrogen) atoms. The molecule has 0 aromatic heterocycles. The lowest BCUT2D eigenvalue weighted by Crippen LogP contribution is -2.57. The minimum absolute atomic E-state index is 0.0361. The summed E-state index contributed by atoms with van der Waals surface area (Å²) in [5, 5.41) is 38.6. The molecule has 0 amide bonds. The SMILES string of the molecule is CCOC(=O)C1=CN2C=CC=CC2C(C#N)(C#N)C1(C#N)C#N. The van der Waals surface area contributed by atoms with Gasteiger partial charge in [0.2, 0.25) is 10.8 Å².